The van der Waals surface area contributed by atoms with Crippen LogP contribution in [0.25, 0.3) is 0 Å². The van der Waals surface area contributed by atoms with Crippen molar-refractivity contribution in [2.24, 2.45) is 5.92 Å². The Morgan fingerprint density at radius 3 is 2.55 bits per heavy atom. The van der Waals surface area contributed by atoms with Crippen molar-refractivity contribution in [3.63, 3.8) is 0 Å². The van der Waals surface area contributed by atoms with E-state index in [1.165, 1.54) is 24.5 Å². The SMILES string of the molecule is O=C(NC1=CNCC(O)=C1)c1cccc(N(Cc2ccc(C3CC=CCC3)cc2)C(=O)C2CCCCC2)c1. The average Bonchev–Trinajstić information content (AvgIpc) is 2.97. The number of hydrogen-bond donors (Lipinski definition) is 3. The fourth-order valence-electron chi connectivity index (χ4n) is 5.67. The maximum atomic E-state index is 13.8. The molecule has 0 radical (unpaired) electrons. The highest BCUT2D eigenvalue weighted by Gasteiger charge is 2.28. The standard InChI is InChI=1S/C32H37N3O3/c36-30-19-28(20-33-21-30)34-31(37)27-12-7-13-29(18-27)35(32(38)26-10-5-2-6-11-26)22-23-14-16-25(17-15-23)24-8-3-1-4-9-24/h1,3,7,12-20,24,26,33,36H,2,4-6,8-11,21-22H2,(H,34,37). The Kier molecular flexibility index (Phi) is 8.27. The molecule has 2 aliphatic carbocycles. The number of nitrogens with one attached hydrogen (secondary N) is 2. The third kappa shape index (κ3) is 6.36. The van der Waals surface area contributed by atoms with Crippen LogP contribution in [0.2, 0.25) is 0 Å². The zero-order chi connectivity index (χ0) is 26.3. The topological polar surface area (TPSA) is 81.7 Å². The van der Waals surface area contributed by atoms with Gasteiger partial charge in [-0.2, -0.15) is 0 Å². The van der Waals surface area contributed by atoms with Gasteiger partial charge in [0.1, 0.15) is 5.76 Å². The molecule has 2 amide bonds. The van der Waals surface area contributed by atoms with E-state index in [1.54, 1.807) is 18.3 Å². The van der Waals surface area contributed by atoms with Crippen LogP contribution in [0, 0.1) is 5.92 Å². The highest BCUT2D eigenvalue weighted by Crippen LogP contribution is 2.31. The molecule has 0 spiro atoms. The quantitative estimate of drug-likeness (QED) is 0.384. The molecule has 1 heterocycles. The number of allylic oxidation sites excluding steroid dienone is 3. The van der Waals surface area contributed by atoms with Gasteiger partial charge in [-0.15, -0.1) is 0 Å². The van der Waals surface area contributed by atoms with Gasteiger partial charge < -0.3 is 20.6 Å². The van der Waals surface area contributed by atoms with E-state index >= 15 is 0 Å². The van der Waals surface area contributed by atoms with E-state index in [1.807, 2.05) is 17.0 Å². The molecule has 3 aliphatic rings. The first-order valence-electron chi connectivity index (χ1n) is 13.9. The minimum atomic E-state index is -0.290. The van der Waals surface area contributed by atoms with Gasteiger partial charge in [0.25, 0.3) is 5.91 Å². The molecule has 0 aromatic heterocycles. The molecular formula is C32H37N3O3. The van der Waals surface area contributed by atoms with Crippen molar-refractivity contribution < 1.29 is 14.7 Å². The van der Waals surface area contributed by atoms with Crippen LogP contribution in [0.4, 0.5) is 5.69 Å². The number of nitrogens with zero attached hydrogens (tertiary/aromatic N) is 1. The number of anilines is 1. The molecule has 2 aromatic carbocycles. The highest BCUT2D eigenvalue weighted by molar-refractivity contribution is 5.99. The highest BCUT2D eigenvalue weighted by atomic mass is 16.3. The first-order chi connectivity index (χ1) is 18.6. The Hall–Kier alpha value is -3.80. The molecule has 5 rings (SSSR count). The largest absolute Gasteiger partial charge is 0.510 e. The first-order valence-corrected chi connectivity index (χ1v) is 13.9. The number of aliphatic hydroxyl groups excluding tert-OH is 1. The molecule has 0 saturated heterocycles. The maximum Gasteiger partial charge on any atom is 0.255 e. The van der Waals surface area contributed by atoms with E-state index in [0.717, 1.165) is 49.8 Å². The molecule has 0 bridgehead atoms. The monoisotopic (exact) mass is 511 g/mol. The number of carbonyl (C=O) groups excluding carboxylic acids is 2. The summed E-state index contributed by atoms with van der Waals surface area (Å²) in [6, 6.07) is 16.0. The minimum Gasteiger partial charge on any atom is -0.510 e. The second kappa shape index (κ2) is 12.2. The van der Waals surface area contributed by atoms with Crippen molar-refractivity contribution in [3.05, 3.63) is 101 Å². The normalized spacial score (nSPS) is 19.6. The molecule has 6 heteroatoms. The van der Waals surface area contributed by atoms with E-state index in [0.29, 0.717) is 30.3 Å². The molecule has 1 aliphatic heterocycles. The number of benzene rings is 2. The third-order valence-electron chi connectivity index (χ3n) is 7.82. The Morgan fingerprint density at radius 1 is 1.00 bits per heavy atom. The minimum absolute atomic E-state index is 0.0149. The van der Waals surface area contributed by atoms with Crippen molar-refractivity contribution in [1.82, 2.24) is 10.6 Å². The molecule has 2 aromatic rings. The van der Waals surface area contributed by atoms with Crippen LogP contribution in [0.1, 0.15) is 78.8 Å². The van der Waals surface area contributed by atoms with Gasteiger partial charge in [-0.1, -0.05) is 61.7 Å². The Balaban J connectivity index is 1.37. The number of hydrogen-bond acceptors (Lipinski definition) is 4. The Bertz CT molecular complexity index is 1240. The van der Waals surface area contributed by atoms with Gasteiger partial charge in [0.15, 0.2) is 0 Å². The number of rotatable bonds is 7. The van der Waals surface area contributed by atoms with Crippen LogP contribution in [0.5, 0.6) is 0 Å². The zero-order valence-electron chi connectivity index (χ0n) is 21.9. The molecule has 3 N–H and O–H groups in total. The fourth-order valence-corrected chi connectivity index (χ4v) is 5.67. The van der Waals surface area contributed by atoms with Gasteiger partial charge >= 0.3 is 0 Å². The van der Waals surface area contributed by atoms with Crippen molar-refractivity contribution in [2.45, 2.75) is 63.8 Å². The first kappa shape index (κ1) is 25.8. The summed E-state index contributed by atoms with van der Waals surface area (Å²) in [5, 5.41) is 15.5. The van der Waals surface area contributed by atoms with Crippen molar-refractivity contribution in [3.8, 4) is 0 Å². The van der Waals surface area contributed by atoms with Gasteiger partial charge in [0.05, 0.1) is 18.8 Å². The summed E-state index contributed by atoms with van der Waals surface area (Å²) in [6.07, 6.45) is 16.3. The summed E-state index contributed by atoms with van der Waals surface area (Å²) < 4.78 is 0. The molecule has 6 nitrogen and oxygen atoms in total. The van der Waals surface area contributed by atoms with Crippen LogP contribution >= 0.6 is 0 Å². The second-order valence-electron chi connectivity index (χ2n) is 10.6. The van der Waals surface area contributed by atoms with Crippen LogP contribution in [0.3, 0.4) is 0 Å². The summed E-state index contributed by atoms with van der Waals surface area (Å²) >= 11 is 0. The van der Waals surface area contributed by atoms with E-state index in [-0.39, 0.29) is 23.5 Å². The molecule has 1 unspecified atom stereocenters. The van der Waals surface area contributed by atoms with Crippen molar-refractivity contribution in [2.75, 3.05) is 11.4 Å². The summed E-state index contributed by atoms with van der Waals surface area (Å²) in [7, 11) is 0. The molecule has 1 fully saturated rings. The van der Waals surface area contributed by atoms with Gasteiger partial charge in [-0.25, -0.2) is 0 Å². The predicted octanol–water partition coefficient (Wildman–Crippen LogP) is 6.24. The maximum absolute atomic E-state index is 13.8. The lowest BCUT2D eigenvalue weighted by Crippen LogP contribution is -2.37. The van der Waals surface area contributed by atoms with E-state index < -0.39 is 0 Å². The van der Waals surface area contributed by atoms with Crippen LogP contribution in [0.15, 0.2) is 84.4 Å². The van der Waals surface area contributed by atoms with Crippen LogP contribution < -0.4 is 15.5 Å². The number of amides is 2. The van der Waals surface area contributed by atoms with Gasteiger partial charge in [0, 0.05) is 29.4 Å². The van der Waals surface area contributed by atoms with Crippen LogP contribution in [-0.4, -0.2) is 23.5 Å². The molecule has 38 heavy (non-hydrogen) atoms. The van der Waals surface area contributed by atoms with Crippen LogP contribution in [-0.2, 0) is 11.3 Å². The zero-order valence-corrected chi connectivity index (χ0v) is 21.9. The van der Waals surface area contributed by atoms with Gasteiger partial charge in [-0.05, 0) is 67.3 Å². The van der Waals surface area contributed by atoms with E-state index in [9.17, 15) is 14.7 Å². The lowest BCUT2D eigenvalue weighted by molar-refractivity contribution is -0.123. The number of carbonyl (C=O) groups is 2. The summed E-state index contributed by atoms with van der Waals surface area (Å²) in [5.74, 6) is 0.584. The summed E-state index contributed by atoms with van der Waals surface area (Å²) in [4.78, 5) is 28.7. The average molecular weight is 512 g/mol. The van der Waals surface area contributed by atoms with E-state index in [2.05, 4.69) is 47.1 Å². The second-order valence-corrected chi connectivity index (χ2v) is 10.6. The fraction of sp³-hybridized carbons (Fsp3) is 0.375. The smallest absolute Gasteiger partial charge is 0.255 e. The lowest BCUT2D eigenvalue weighted by atomic mass is 9.87. The molecule has 1 atom stereocenters. The van der Waals surface area contributed by atoms with Gasteiger partial charge in [-0.3, -0.25) is 9.59 Å². The number of dihydropyridines is 1. The molecular weight excluding hydrogens is 474 g/mol. The van der Waals surface area contributed by atoms with Crippen molar-refractivity contribution in [1.29, 1.82) is 0 Å². The third-order valence-corrected chi connectivity index (χ3v) is 7.82. The lowest BCUT2D eigenvalue weighted by Gasteiger charge is -2.30. The Labute approximate surface area is 225 Å². The van der Waals surface area contributed by atoms with E-state index in [4.69, 9.17) is 0 Å². The van der Waals surface area contributed by atoms with Gasteiger partial charge in [0.2, 0.25) is 5.91 Å². The Morgan fingerprint density at radius 2 is 1.82 bits per heavy atom. The summed E-state index contributed by atoms with van der Waals surface area (Å²) in [5.41, 5.74) is 4.12. The predicted molar refractivity (Wildman–Crippen MR) is 151 cm³/mol. The summed E-state index contributed by atoms with van der Waals surface area (Å²) in [6.45, 7) is 0.808. The number of aliphatic hydroxyl groups is 1. The molecule has 1 saturated carbocycles. The molecule has 198 valence electrons. The van der Waals surface area contributed by atoms with Crippen molar-refractivity contribution >= 4 is 17.5 Å².